The summed E-state index contributed by atoms with van der Waals surface area (Å²) >= 11 is 0. The van der Waals surface area contributed by atoms with E-state index in [9.17, 15) is 4.79 Å². The number of rotatable bonds is 5. The Bertz CT molecular complexity index is 638. The van der Waals surface area contributed by atoms with Crippen LogP contribution in [-0.4, -0.2) is 91.1 Å². The summed E-state index contributed by atoms with van der Waals surface area (Å²) < 4.78 is 5.22. The first-order valence-corrected chi connectivity index (χ1v) is 9.96. The topological polar surface area (TPSA) is 77.2 Å². The molecule has 2 aliphatic heterocycles. The molecule has 150 valence electrons. The van der Waals surface area contributed by atoms with E-state index in [1.54, 1.807) is 0 Å². The SMILES string of the molecule is CN=C(NCCc1c(C)noc1C)N1CCN(CC(=O)N2CCCC2)CC1. The van der Waals surface area contributed by atoms with Crippen molar-refractivity contribution in [2.45, 2.75) is 33.1 Å². The maximum atomic E-state index is 12.3. The lowest BCUT2D eigenvalue weighted by atomic mass is 10.1. The van der Waals surface area contributed by atoms with E-state index in [4.69, 9.17) is 4.52 Å². The highest BCUT2D eigenvalue weighted by Crippen LogP contribution is 2.12. The first-order chi connectivity index (χ1) is 13.1. The molecule has 3 rings (SSSR count). The lowest BCUT2D eigenvalue weighted by Gasteiger charge is -2.36. The lowest BCUT2D eigenvalue weighted by Crippen LogP contribution is -2.54. The Hall–Kier alpha value is -2.09. The smallest absolute Gasteiger partial charge is 0.236 e. The van der Waals surface area contributed by atoms with E-state index in [0.29, 0.717) is 6.54 Å². The number of aromatic nitrogens is 1. The van der Waals surface area contributed by atoms with Crippen molar-refractivity contribution in [2.75, 3.05) is 59.4 Å². The highest BCUT2D eigenvalue weighted by molar-refractivity contribution is 5.80. The molecule has 0 spiro atoms. The van der Waals surface area contributed by atoms with Crippen LogP contribution in [0.25, 0.3) is 0 Å². The molecule has 1 amide bonds. The second-order valence-electron chi connectivity index (χ2n) is 7.38. The van der Waals surface area contributed by atoms with Crippen molar-refractivity contribution in [2.24, 2.45) is 4.99 Å². The number of carbonyl (C=O) groups excluding carboxylic acids is 1. The minimum Gasteiger partial charge on any atom is -0.361 e. The zero-order valence-corrected chi connectivity index (χ0v) is 16.8. The van der Waals surface area contributed by atoms with Gasteiger partial charge >= 0.3 is 0 Å². The highest BCUT2D eigenvalue weighted by atomic mass is 16.5. The van der Waals surface area contributed by atoms with Crippen molar-refractivity contribution in [3.8, 4) is 0 Å². The Kier molecular flexibility index (Phi) is 6.71. The van der Waals surface area contributed by atoms with E-state index in [-0.39, 0.29) is 5.91 Å². The van der Waals surface area contributed by atoms with Gasteiger partial charge in [-0.15, -0.1) is 0 Å². The molecule has 3 heterocycles. The Morgan fingerprint density at radius 2 is 1.81 bits per heavy atom. The summed E-state index contributed by atoms with van der Waals surface area (Å²) in [7, 11) is 1.82. The van der Waals surface area contributed by atoms with E-state index in [2.05, 4.69) is 25.3 Å². The number of carbonyl (C=O) groups is 1. The van der Waals surface area contributed by atoms with E-state index in [0.717, 1.165) is 82.5 Å². The van der Waals surface area contributed by atoms with E-state index in [1.807, 2.05) is 25.8 Å². The van der Waals surface area contributed by atoms with Gasteiger partial charge in [0.05, 0.1) is 12.2 Å². The molecule has 0 radical (unpaired) electrons. The van der Waals surface area contributed by atoms with Gasteiger partial charge in [-0.2, -0.15) is 0 Å². The summed E-state index contributed by atoms with van der Waals surface area (Å²) in [4.78, 5) is 23.3. The van der Waals surface area contributed by atoms with Crippen LogP contribution in [0.5, 0.6) is 0 Å². The molecule has 1 N–H and O–H groups in total. The van der Waals surface area contributed by atoms with Gasteiger partial charge in [0.2, 0.25) is 5.91 Å². The molecule has 8 heteroatoms. The van der Waals surface area contributed by atoms with Crippen LogP contribution in [0.1, 0.15) is 29.9 Å². The summed E-state index contributed by atoms with van der Waals surface area (Å²) in [6.07, 6.45) is 3.16. The molecular formula is C19H32N6O2. The number of likely N-dealkylation sites (tertiary alicyclic amines) is 1. The zero-order valence-electron chi connectivity index (χ0n) is 16.8. The Morgan fingerprint density at radius 3 is 2.41 bits per heavy atom. The largest absolute Gasteiger partial charge is 0.361 e. The van der Waals surface area contributed by atoms with E-state index < -0.39 is 0 Å². The highest BCUT2D eigenvalue weighted by Gasteiger charge is 2.24. The van der Waals surface area contributed by atoms with Crippen LogP contribution < -0.4 is 5.32 Å². The Balaban J connectivity index is 1.41. The van der Waals surface area contributed by atoms with Gasteiger partial charge in [0, 0.05) is 58.4 Å². The summed E-state index contributed by atoms with van der Waals surface area (Å²) in [5, 5.41) is 7.45. The minimum absolute atomic E-state index is 0.280. The normalized spacial score (nSPS) is 19.0. The molecule has 0 aromatic carbocycles. The van der Waals surface area contributed by atoms with Gasteiger partial charge in [0.1, 0.15) is 5.76 Å². The van der Waals surface area contributed by atoms with Crippen LogP contribution >= 0.6 is 0 Å². The Morgan fingerprint density at radius 1 is 1.11 bits per heavy atom. The molecule has 0 bridgehead atoms. The summed E-state index contributed by atoms with van der Waals surface area (Å²) in [6.45, 7) is 10.7. The van der Waals surface area contributed by atoms with Crippen molar-refractivity contribution >= 4 is 11.9 Å². The number of nitrogens with one attached hydrogen (secondary N) is 1. The number of aryl methyl sites for hydroxylation is 2. The number of hydrogen-bond donors (Lipinski definition) is 1. The fourth-order valence-corrected chi connectivity index (χ4v) is 3.87. The van der Waals surface area contributed by atoms with E-state index >= 15 is 0 Å². The minimum atomic E-state index is 0.280. The third-order valence-electron chi connectivity index (χ3n) is 5.54. The number of aliphatic imine (C=N–C) groups is 1. The molecule has 27 heavy (non-hydrogen) atoms. The molecule has 0 unspecified atom stereocenters. The first-order valence-electron chi connectivity index (χ1n) is 9.96. The zero-order chi connectivity index (χ0) is 19.2. The quantitative estimate of drug-likeness (QED) is 0.601. The van der Waals surface area contributed by atoms with Crippen LogP contribution in [0.2, 0.25) is 0 Å². The summed E-state index contributed by atoms with van der Waals surface area (Å²) in [5.41, 5.74) is 2.13. The average Bonchev–Trinajstić information content (AvgIpc) is 3.31. The predicted octanol–water partition coefficient (Wildman–Crippen LogP) is 0.649. The number of hydrogen-bond acceptors (Lipinski definition) is 5. The molecule has 2 aliphatic rings. The summed E-state index contributed by atoms with van der Waals surface area (Å²) in [6, 6.07) is 0. The molecule has 1 aromatic rings. The fraction of sp³-hybridized carbons (Fsp3) is 0.737. The molecule has 0 atom stereocenters. The van der Waals surface area contributed by atoms with Crippen LogP contribution in [0.4, 0.5) is 0 Å². The molecular weight excluding hydrogens is 344 g/mol. The van der Waals surface area contributed by atoms with Gasteiger partial charge in [-0.1, -0.05) is 5.16 Å². The maximum absolute atomic E-state index is 12.3. The van der Waals surface area contributed by atoms with Gasteiger partial charge in [-0.3, -0.25) is 14.7 Å². The molecule has 2 saturated heterocycles. The second-order valence-corrected chi connectivity index (χ2v) is 7.38. The Labute approximate surface area is 161 Å². The van der Waals surface area contributed by atoms with Gasteiger partial charge in [0.15, 0.2) is 5.96 Å². The molecule has 2 fully saturated rings. The fourth-order valence-electron chi connectivity index (χ4n) is 3.87. The van der Waals surface area contributed by atoms with Crippen molar-refractivity contribution in [3.05, 3.63) is 17.0 Å². The van der Waals surface area contributed by atoms with Crippen LogP contribution in [0.15, 0.2) is 9.52 Å². The molecule has 0 saturated carbocycles. The van der Waals surface area contributed by atoms with Gasteiger partial charge in [-0.25, -0.2) is 0 Å². The van der Waals surface area contributed by atoms with Crippen LogP contribution in [0, 0.1) is 13.8 Å². The van der Waals surface area contributed by atoms with Crippen molar-refractivity contribution in [1.29, 1.82) is 0 Å². The van der Waals surface area contributed by atoms with Crippen LogP contribution in [-0.2, 0) is 11.2 Å². The van der Waals surface area contributed by atoms with Gasteiger partial charge in [0.25, 0.3) is 0 Å². The van der Waals surface area contributed by atoms with Gasteiger partial charge < -0.3 is 19.6 Å². The van der Waals surface area contributed by atoms with Crippen molar-refractivity contribution in [3.63, 3.8) is 0 Å². The van der Waals surface area contributed by atoms with E-state index in [1.165, 1.54) is 5.56 Å². The third-order valence-corrected chi connectivity index (χ3v) is 5.54. The molecule has 0 aliphatic carbocycles. The second kappa shape index (κ2) is 9.21. The number of guanidine groups is 1. The lowest BCUT2D eigenvalue weighted by molar-refractivity contribution is -0.131. The van der Waals surface area contributed by atoms with Gasteiger partial charge in [-0.05, 0) is 33.1 Å². The number of amides is 1. The summed E-state index contributed by atoms with van der Waals surface area (Å²) in [5.74, 6) is 2.09. The van der Waals surface area contributed by atoms with Crippen molar-refractivity contribution < 1.29 is 9.32 Å². The monoisotopic (exact) mass is 376 g/mol. The predicted molar refractivity (Wildman–Crippen MR) is 105 cm³/mol. The first kappa shape index (κ1) is 19.7. The number of piperazine rings is 1. The average molecular weight is 377 g/mol. The van der Waals surface area contributed by atoms with Crippen molar-refractivity contribution in [1.82, 2.24) is 25.2 Å². The molecule has 1 aromatic heterocycles. The number of nitrogens with zero attached hydrogens (tertiary/aromatic N) is 5. The standard InChI is InChI=1S/C19H32N6O2/c1-15-17(16(2)27-22-15)6-7-21-19(20-3)25-12-10-23(11-13-25)14-18(26)24-8-4-5-9-24/h4-14H2,1-3H3,(H,20,21). The molecule has 8 nitrogen and oxygen atoms in total. The van der Waals surface area contributed by atoms with Crippen LogP contribution in [0.3, 0.4) is 0 Å². The third kappa shape index (κ3) is 5.00. The maximum Gasteiger partial charge on any atom is 0.236 e.